The Labute approximate surface area is 221 Å². The lowest BCUT2D eigenvalue weighted by Crippen LogP contribution is -2.05. The maximum atomic E-state index is 13.1. The number of aryl methyl sites for hydroxylation is 3. The molecule has 0 N–H and O–H groups in total. The van der Waals surface area contributed by atoms with Gasteiger partial charge in [-0.2, -0.15) is 5.10 Å². The highest BCUT2D eigenvalue weighted by Gasteiger charge is 2.16. The summed E-state index contributed by atoms with van der Waals surface area (Å²) in [5.41, 5.74) is 8.59. The van der Waals surface area contributed by atoms with Crippen molar-refractivity contribution < 1.29 is 14.3 Å². The lowest BCUT2D eigenvalue weighted by Gasteiger charge is -2.10. The zero-order valence-electron chi connectivity index (χ0n) is 22.0. The number of benzene rings is 3. The molecule has 5 rings (SSSR count). The number of hydrogen-bond acceptors (Lipinski definition) is 5. The number of ether oxygens (including phenoxy) is 1. The minimum absolute atomic E-state index is 0.0863. The second-order valence-corrected chi connectivity index (χ2v) is 9.70. The molecule has 0 fully saturated rings. The number of Topliss-reactive ketones (excluding diaryl/α,β-unsaturated/α-hetero) is 1. The molecule has 38 heavy (non-hydrogen) atoms. The summed E-state index contributed by atoms with van der Waals surface area (Å²) in [5.74, 6) is 0.864. The van der Waals surface area contributed by atoms with Gasteiger partial charge in [0.25, 0.3) is 0 Å². The largest absolute Gasteiger partial charge is 0.497 e. The Hall–Kier alpha value is -4.58. The lowest BCUT2D eigenvalue weighted by atomic mass is 9.96. The first-order valence-corrected chi connectivity index (χ1v) is 12.5. The van der Waals surface area contributed by atoms with Crippen LogP contribution in [0, 0.1) is 20.8 Å². The summed E-state index contributed by atoms with van der Waals surface area (Å²) < 4.78 is 7.01. The molecule has 0 aliphatic heterocycles. The maximum absolute atomic E-state index is 13.1. The topological polar surface area (TPSA) is 74.1 Å². The number of carbonyl (C=O) groups is 2. The number of ketones is 1. The van der Waals surface area contributed by atoms with Gasteiger partial charge in [0.15, 0.2) is 17.7 Å². The van der Waals surface area contributed by atoms with E-state index in [1.165, 1.54) is 0 Å². The van der Waals surface area contributed by atoms with E-state index in [-0.39, 0.29) is 5.78 Å². The molecule has 0 spiro atoms. The summed E-state index contributed by atoms with van der Waals surface area (Å²) in [6.07, 6.45) is 1.07. The quantitative estimate of drug-likeness (QED) is 0.183. The van der Waals surface area contributed by atoms with E-state index in [0.717, 1.165) is 56.7 Å². The number of hydrogen-bond donors (Lipinski definition) is 0. The van der Waals surface area contributed by atoms with Gasteiger partial charge in [-0.15, -0.1) is 0 Å². The van der Waals surface area contributed by atoms with Gasteiger partial charge in [-0.1, -0.05) is 41.5 Å². The summed E-state index contributed by atoms with van der Waals surface area (Å²) >= 11 is 0. The van der Waals surface area contributed by atoms with Crippen LogP contribution in [0.3, 0.4) is 0 Å². The van der Waals surface area contributed by atoms with Crippen LogP contribution in [0.2, 0.25) is 0 Å². The number of rotatable bonds is 8. The van der Waals surface area contributed by atoms with E-state index < -0.39 is 0 Å². The molecule has 0 bridgehead atoms. The monoisotopic (exact) mass is 503 g/mol. The van der Waals surface area contributed by atoms with E-state index in [0.29, 0.717) is 29.7 Å². The maximum Gasteiger partial charge on any atom is 0.171 e. The summed E-state index contributed by atoms with van der Waals surface area (Å²) in [6, 6.07) is 23.5. The van der Waals surface area contributed by atoms with Crippen LogP contribution in [0.25, 0.3) is 22.3 Å². The van der Waals surface area contributed by atoms with Crippen molar-refractivity contribution in [3.05, 3.63) is 112 Å². The van der Waals surface area contributed by atoms with Crippen LogP contribution in [-0.4, -0.2) is 33.9 Å². The van der Waals surface area contributed by atoms with Crippen LogP contribution < -0.4 is 4.74 Å². The van der Waals surface area contributed by atoms with Crippen LogP contribution in [-0.2, 0) is 13.0 Å². The number of carbonyl (C=O) groups excluding carboxylic acids is 2. The minimum atomic E-state index is 0.0863. The molecule has 5 aromatic rings. The number of aromatic nitrogens is 3. The third-order valence-corrected chi connectivity index (χ3v) is 6.71. The van der Waals surface area contributed by atoms with Crippen LogP contribution in [0.15, 0.2) is 72.8 Å². The van der Waals surface area contributed by atoms with Crippen LogP contribution in [0.4, 0.5) is 0 Å². The van der Waals surface area contributed by atoms with E-state index in [9.17, 15) is 9.59 Å². The van der Waals surface area contributed by atoms with E-state index in [2.05, 4.69) is 11.2 Å². The van der Waals surface area contributed by atoms with Crippen molar-refractivity contribution in [1.29, 1.82) is 0 Å². The number of aldehydes is 1. The Bertz CT molecular complexity index is 1650. The molecule has 0 amide bonds. The van der Waals surface area contributed by atoms with E-state index in [4.69, 9.17) is 9.72 Å². The molecule has 2 heterocycles. The van der Waals surface area contributed by atoms with Crippen molar-refractivity contribution in [1.82, 2.24) is 14.8 Å². The summed E-state index contributed by atoms with van der Waals surface area (Å²) in [5, 5.41) is 5.22. The molecular formula is C32H29N3O3. The summed E-state index contributed by atoms with van der Waals surface area (Å²) in [6.45, 7) is 6.51. The lowest BCUT2D eigenvalue weighted by molar-refractivity contribution is 0.0992. The Morgan fingerprint density at radius 2 is 1.61 bits per heavy atom. The highest BCUT2D eigenvalue weighted by Crippen LogP contribution is 2.27. The van der Waals surface area contributed by atoms with Crippen LogP contribution >= 0.6 is 0 Å². The van der Waals surface area contributed by atoms with E-state index >= 15 is 0 Å². The van der Waals surface area contributed by atoms with Gasteiger partial charge in [-0.3, -0.25) is 9.59 Å². The highest BCUT2D eigenvalue weighted by molar-refractivity contribution is 5.98. The van der Waals surface area contributed by atoms with Crippen molar-refractivity contribution in [2.24, 2.45) is 0 Å². The second-order valence-electron chi connectivity index (χ2n) is 9.70. The number of fused-ring (bicyclic) bond motifs is 1. The molecule has 0 radical (unpaired) electrons. The normalized spacial score (nSPS) is 11.1. The molecule has 6 heteroatoms. The van der Waals surface area contributed by atoms with Crippen molar-refractivity contribution in [2.75, 3.05) is 7.11 Å². The molecule has 0 aliphatic carbocycles. The van der Waals surface area contributed by atoms with Crippen LogP contribution in [0.1, 0.15) is 48.7 Å². The second kappa shape index (κ2) is 10.4. The standard InChI is InChI=1S/C32H29N3O3/c1-20-13-21(2)15-25(14-20)31(37)17-24-6-5-22(3)28(16-24)29-12-11-27-30(19-36)34-35(32(27)33-29)18-23-7-9-26(38-4)10-8-23/h5-16,19H,17-18H2,1-4H3. The molecule has 0 aliphatic rings. The zero-order chi connectivity index (χ0) is 26.8. The van der Waals surface area contributed by atoms with Gasteiger partial charge >= 0.3 is 0 Å². The van der Waals surface area contributed by atoms with Gasteiger partial charge in [0.1, 0.15) is 11.4 Å². The molecular weight excluding hydrogens is 474 g/mol. The average Bonchev–Trinajstić information content (AvgIpc) is 3.26. The van der Waals surface area contributed by atoms with Crippen molar-refractivity contribution in [3.63, 3.8) is 0 Å². The first-order chi connectivity index (χ1) is 18.3. The Morgan fingerprint density at radius 3 is 2.29 bits per heavy atom. The molecule has 6 nitrogen and oxygen atoms in total. The van der Waals surface area contributed by atoms with Gasteiger partial charge in [-0.05, 0) is 79.9 Å². The van der Waals surface area contributed by atoms with Gasteiger partial charge in [0.05, 0.1) is 19.3 Å². The van der Waals surface area contributed by atoms with Gasteiger partial charge in [-0.25, -0.2) is 9.67 Å². The third-order valence-electron chi connectivity index (χ3n) is 6.71. The molecule has 190 valence electrons. The fourth-order valence-electron chi connectivity index (χ4n) is 4.81. The van der Waals surface area contributed by atoms with Crippen LogP contribution in [0.5, 0.6) is 5.75 Å². The van der Waals surface area contributed by atoms with Crippen molar-refractivity contribution in [3.8, 4) is 17.0 Å². The summed E-state index contributed by atoms with van der Waals surface area (Å²) in [7, 11) is 1.63. The predicted molar refractivity (Wildman–Crippen MR) is 149 cm³/mol. The molecule has 0 saturated heterocycles. The third kappa shape index (κ3) is 5.11. The molecule has 0 saturated carbocycles. The zero-order valence-corrected chi connectivity index (χ0v) is 22.0. The Morgan fingerprint density at radius 1 is 0.895 bits per heavy atom. The summed E-state index contributed by atoms with van der Waals surface area (Å²) in [4.78, 5) is 29.7. The van der Waals surface area contributed by atoms with Gasteiger partial charge < -0.3 is 4.74 Å². The number of pyridine rings is 1. The Kier molecular flexibility index (Phi) is 6.88. The fourth-order valence-corrected chi connectivity index (χ4v) is 4.81. The first-order valence-electron chi connectivity index (χ1n) is 12.5. The fraction of sp³-hybridized carbons (Fsp3) is 0.188. The highest BCUT2D eigenvalue weighted by atomic mass is 16.5. The SMILES string of the molecule is COc1ccc(Cn2nc(C=O)c3ccc(-c4cc(CC(=O)c5cc(C)cc(C)c5)ccc4C)nc32)cc1. The molecule has 0 atom stereocenters. The molecule has 0 unspecified atom stereocenters. The van der Waals surface area contributed by atoms with E-state index in [1.54, 1.807) is 11.8 Å². The average molecular weight is 504 g/mol. The van der Waals surface area contributed by atoms with Gasteiger partial charge in [0.2, 0.25) is 0 Å². The van der Waals surface area contributed by atoms with Crippen molar-refractivity contribution >= 4 is 23.1 Å². The smallest absolute Gasteiger partial charge is 0.171 e. The molecule has 2 aromatic heterocycles. The first kappa shape index (κ1) is 25.1. The van der Waals surface area contributed by atoms with E-state index in [1.807, 2.05) is 87.5 Å². The minimum Gasteiger partial charge on any atom is -0.497 e. The number of methoxy groups -OCH3 is 1. The molecule has 3 aromatic carbocycles. The number of nitrogens with zero attached hydrogens (tertiary/aromatic N) is 3. The Balaban J connectivity index is 1.49. The van der Waals surface area contributed by atoms with Gasteiger partial charge in [0, 0.05) is 22.9 Å². The van der Waals surface area contributed by atoms with Crippen molar-refractivity contribution in [2.45, 2.75) is 33.7 Å². The predicted octanol–water partition coefficient (Wildman–Crippen LogP) is 6.32.